The van der Waals surface area contributed by atoms with E-state index in [4.69, 9.17) is 4.74 Å². The van der Waals surface area contributed by atoms with Crippen molar-refractivity contribution in [2.45, 2.75) is 34.1 Å². The van der Waals surface area contributed by atoms with Crippen molar-refractivity contribution in [3.05, 3.63) is 59.7 Å². The molecule has 148 valence electrons. The maximum Gasteiger partial charge on any atom is 0.338 e. The summed E-state index contributed by atoms with van der Waals surface area (Å²) in [7, 11) is 0. The average Bonchev–Trinajstić information content (AvgIpc) is 2.69. The lowest BCUT2D eigenvalue weighted by atomic mass is 9.90. The highest BCUT2D eigenvalue weighted by atomic mass is 16.5. The van der Waals surface area contributed by atoms with E-state index in [0.717, 1.165) is 6.42 Å². The average molecular weight is 382 g/mol. The predicted octanol–water partition coefficient (Wildman–Crippen LogP) is 4.03. The van der Waals surface area contributed by atoms with Crippen LogP contribution in [0.5, 0.6) is 0 Å². The molecule has 0 heterocycles. The third-order valence-electron chi connectivity index (χ3n) is 4.41. The molecule has 0 aliphatic heterocycles. The summed E-state index contributed by atoms with van der Waals surface area (Å²) in [5.41, 5.74) is 1.41. The molecule has 2 rings (SSSR count). The third-order valence-corrected chi connectivity index (χ3v) is 4.41. The molecule has 0 bridgehead atoms. The van der Waals surface area contributed by atoms with Gasteiger partial charge < -0.3 is 15.4 Å². The van der Waals surface area contributed by atoms with E-state index in [1.165, 1.54) is 5.56 Å². The fourth-order valence-electron chi connectivity index (χ4n) is 2.41. The van der Waals surface area contributed by atoms with Crippen LogP contribution in [0.25, 0.3) is 0 Å². The van der Waals surface area contributed by atoms with Gasteiger partial charge in [-0.3, -0.25) is 9.59 Å². The molecular formula is C22H26N2O4. The van der Waals surface area contributed by atoms with Crippen LogP contribution < -0.4 is 10.6 Å². The van der Waals surface area contributed by atoms with Crippen LogP contribution in [-0.2, 0) is 20.7 Å². The van der Waals surface area contributed by atoms with Crippen molar-refractivity contribution >= 4 is 29.2 Å². The Bertz CT molecular complexity index is 840. The number of carbonyl (C=O) groups excluding carboxylic acids is 3. The Labute approximate surface area is 165 Å². The zero-order chi connectivity index (χ0) is 20.7. The number of ether oxygens (including phenoxy) is 1. The van der Waals surface area contributed by atoms with Crippen molar-refractivity contribution in [2.24, 2.45) is 5.41 Å². The minimum atomic E-state index is -1.29. The highest BCUT2D eigenvalue weighted by Crippen LogP contribution is 2.22. The van der Waals surface area contributed by atoms with Crippen LogP contribution >= 0.6 is 0 Å². The smallest absolute Gasteiger partial charge is 0.338 e. The van der Waals surface area contributed by atoms with E-state index in [9.17, 15) is 14.4 Å². The highest BCUT2D eigenvalue weighted by Gasteiger charge is 2.36. The Hall–Kier alpha value is -3.15. The van der Waals surface area contributed by atoms with Gasteiger partial charge in [-0.1, -0.05) is 19.1 Å². The summed E-state index contributed by atoms with van der Waals surface area (Å²) in [5, 5.41) is 5.49. The van der Waals surface area contributed by atoms with Gasteiger partial charge in [0.25, 0.3) is 0 Å². The standard InChI is InChI=1S/C22H26N2O4/c1-5-15-7-11-17(12-8-15)23-20(26)22(3,4)21(27)24-18-13-9-16(10-14-18)19(25)28-6-2/h7-14H,5-6H2,1-4H3,(H,23,26)(H,24,27). The van der Waals surface area contributed by atoms with Gasteiger partial charge >= 0.3 is 5.97 Å². The van der Waals surface area contributed by atoms with E-state index in [0.29, 0.717) is 23.5 Å². The molecular weight excluding hydrogens is 356 g/mol. The molecule has 2 aromatic rings. The second-order valence-corrected chi connectivity index (χ2v) is 6.88. The van der Waals surface area contributed by atoms with E-state index in [1.807, 2.05) is 24.3 Å². The first-order chi connectivity index (χ1) is 13.3. The molecule has 6 heteroatoms. The van der Waals surface area contributed by atoms with E-state index in [2.05, 4.69) is 17.6 Å². The number of anilines is 2. The van der Waals surface area contributed by atoms with Crippen LogP contribution in [0.3, 0.4) is 0 Å². The van der Waals surface area contributed by atoms with Crippen molar-refractivity contribution < 1.29 is 19.1 Å². The van der Waals surface area contributed by atoms with Crippen LogP contribution in [0.2, 0.25) is 0 Å². The largest absolute Gasteiger partial charge is 0.462 e. The van der Waals surface area contributed by atoms with E-state index >= 15 is 0 Å². The molecule has 6 nitrogen and oxygen atoms in total. The molecule has 0 fully saturated rings. The van der Waals surface area contributed by atoms with Crippen molar-refractivity contribution in [2.75, 3.05) is 17.2 Å². The van der Waals surface area contributed by atoms with Gasteiger partial charge in [0.15, 0.2) is 0 Å². The monoisotopic (exact) mass is 382 g/mol. The van der Waals surface area contributed by atoms with Crippen molar-refractivity contribution in [3.8, 4) is 0 Å². The van der Waals surface area contributed by atoms with Crippen LogP contribution in [0.15, 0.2) is 48.5 Å². The molecule has 2 aromatic carbocycles. The van der Waals surface area contributed by atoms with Crippen LogP contribution in [0, 0.1) is 5.41 Å². The Morgan fingerprint density at radius 3 is 1.71 bits per heavy atom. The highest BCUT2D eigenvalue weighted by molar-refractivity contribution is 6.14. The van der Waals surface area contributed by atoms with Crippen molar-refractivity contribution in [1.82, 2.24) is 0 Å². The molecule has 2 amide bonds. The maximum absolute atomic E-state index is 12.6. The molecule has 0 unspecified atom stereocenters. The molecule has 2 N–H and O–H groups in total. The number of esters is 1. The van der Waals surface area contributed by atoms with Crippen LogP contribution in [0.4, 0.5) is 11.4 Å². The van der Waals surface area contributed by atoms with Gasteiger partial charge in [0.1, 0.15) is 5.41 Å². The quantitative estimate of drug-likeness (QED) is 0.559. The van der Waals surface area contributed by atoms with Crippen LogP contribution in [-0.4, -0.2) is 24.4 Å². The number of benzene rings is 2. The molecule has 28 heavy (non-hydrogen) atoms. The van der Waals surface area contributed by atoms with Crippen molar-refractivity contribution in [3.63, 3.8) is 0 Å². The summed E-state index contributed by atoms with van der Waals surface area (Å²) in [5.74, 6) is -1.27. The zero-order valence-electron chi connectivity index (χ0n) is 16.7. The van der Waals surface area contributed by atoms with Crippen molar-refractivity contribution in [1.29, 1.82) is 0 Å². The summed E-state index contributed by atoms with van der Waals surface area (Å²) in [6.07, 6.45) is 0.914. The Kier molecular flexibility index (Phi) is 6.93. The van der Waals surface area contributed by atoms with Crippen LogP contribution in [0.1, 0.15) is 43.6 Å². The fraction of sp³-hybridized carbons (Fsp3) is 0.318. The first kappa shape index (κ1) is 21.2. The molecule has 0 saturated carbocycles. The maximum atomic E-state index is 12.6. The zero-order valence-corrected chi connectivity index (χ0v) is 16.7. The lowest BCUT2D eigenvalue weighted by molar-refractivity contribution is -0.135. The number of hydrogen-bond acceptors (Lipinski definition) is 4. The number of amides is 2. The Balaban J connectivity index is 2.02. The summed E-state index contributed by atoms with van der Waals surface area (Å²) in [4.78, 5) is 36.9. The second-order valence-electron chi connectivity index (χ2n) is 6.88. The normalized spacial score (nSPS) is 10.9. The molecule has 0 saturated heterocycles. The van der Waals surface area contributed by atoms with Gasteiger partial charge in [-0.2, -0.15) is 0 Å². The number of aryl methyl sites for hydroxylation is 1. The topological polar surface area (TPSA) is 84.5 Å². The van der Waals surface area contributed by atoms with Gasteiger partial charge in [0, 0.05) is 11.4 Å². The summed E-state index contributed by atoms with van der Waals surface area (Å²) >= 11 is 0. The summed E-state index contributed by atoms with van der Waals surface area (Å²) < 4.78 is 4.93. The summed E-state index contributed by atoms with van der Waals surface area (Å²) in [6.45, 7) is 7.20. The second kappa shape index (κ2) is 9.17. The van der Waals surface area contributed by atoms with Gasteiger partial charge in [0.2, 0.25) is 11.8 Å². The summed E-state index contributed by atoms with van der Waals surface area (Å²) in [6, 6.07) is 13.8. The van der Waals surface area contributed by atoms with Gasteiger partial charge in [-0.15, -0.1) is 0 Å². The van der Waals surface area contributed by atoms with Gasteiger partial charge in [0.05, 0.1) is 12.2 Å². The predicted molar refractivity (Wildman–Crippen MR) is 109 cm³/mol. The molecule has 0 aliphatic carbocycles. The number of rotatable bonds is 7. The first-order valence-electron chi connectivity index (χ1n) is 9.27. The van der Waals surface area contributed by atoms with E-state index in [-0.39, 0.29) is 0 Å². The number of nitrogens with one attached hydrogen (secondary N) is 2. The van der Waals surface area contributed by atoms with Gasteiger partial charge in [-0.05, 0) is 69.2 Å². The first-order valence-corrected chi connectivity index (χ1v) is 9.27. The lowest BCUT2D eigenvalue weighted by Gasteiger charge is -2.23. The minimum Gasteiger partial charge on any atom is -0.462 e. The molecule has 0 atom stereocenters. The Morgan fingerprint density at radius 2 is 1.29 bits per heavy atom. The minimum absolute atomic E-state index is 0.293. The molecule has 0 radical (unpaired) electrons. The SMILES string of the molecule is CCOC(=O)c1ccc(NC(=O)C(C)(C)C(=O)Nc2ccc(CC)cc2)cc1. The molecule has 0 aliphatic rings. The fourth-order valence-corrected chi connectivity index (χ4v) is 2.41. The molecule has 0 aromatic heterocycles. The van der Waals surface area contributed by atoms with Gasteiger partial charge in [-0.25, -0.2) is 4.79 Å². The van der Waals surface area contributed by atoms with E-state index < -0.39 is 23.2 Å². The third kappa shape index (κ3) is 5.19. The Morgan fingerprint density at radius 1 is 0.821 bits per heavy atom. The van der Waals surface area contributed by atoms with E-state index in [1.54, 1.807) is 45.0 Å². The number of hydrogen-bond donors (Lipinski definition) is 2. The lowest BCUT2D eigenvalue weighted by Crippen LogP contribution is -2.41. The number of carbonyl (C=O) groups is 3. The molecule has 0 spiro atoms.